The largest absolute Gasteiger partial charge is 0.490 e. The number of nitrogens with one attached hydrogen (secondary N) is 2. The molecule has 0 bridgehead atoms. The number of carboxylic acid groups (broad SMARTS) is 1. The number of carboxylic acids is 1. The molecule has 1 aromatic heterocycles. The number of hydrogen-bond acceptors (Lipinski definition) is 6. The minimum Gasteiger partial charge on any atom is -0.475 e. The number of tetrazole rings is 1. The molecule has 0 saturated carbocycles. The van der Waals surface area contributed by atoms with Crippen molar-refractivity contribution in [1.82, 2.24) is 25.9 Å². The lowest BCUT2D eigenvalue weighted by Crippen LogP contribution is -2.37. The Labute approximate surface area is 170 Å². The molecular formula is C19H20F3N5O3. The first kappa shape index (κ1) is 22.8. The molecule has 8 nitrogen and oxygen atoms in total. The van der Waals surface area contributed by atoms with E-state index in [1.165, 1.54) is 0 Å². The molecule has 0 unspecified atom stereocenters. The summed E-state index contributed by atoms with van der Waals surface area (Å²) in [6, 6.07) is 17.7. The summed E-state index contributed by atoms with van der Waals surface area (Å²) < 4.78 is 37.5. The normalized spacial score (nSPS) is 11.4. The van der Waals surface area contributed by atoms with Crippen molar-refractivity contribution in [2.75, 3.05) is 0 Å². The maximum Gasteiger partial charge on any atom is 0.490 e. The first-order valence-electron chi connectivity index (χ1n) is 8.69. The van der Waals surface area contributed by atoms with Crippen molar-refractivity contribution < 1.29 is 27.8 Å². The number of H-pyrrole nitrogens is 1. The summed E-state index contributed by atoms with van der Waals surface area (Å²) >= 11 is 0. The van der Waals surface area contributed by atoms with Crippen molar-refractivity contribution in [3.05, 3.63) is 66.0 Å². The Kier molecular flexibility index (Phi) is 7.48. The van der Waals surface area contributed by atoms with Crippen LogP contribution in [-0.2, 0) is 16.9 Å². The van der Waals surface area contributed by atoms with Crippen LogP contribution in [0, 0.1) is 0 Å². The fourth-order valence-electron chi connectivity index (χ4n) is 2.13. The summed E-state index contributed by atoms with van der Waals surface area (Å²) in [5.74, 6) is -0.469. The second-order valence-electron chi connectivity index (χ2n) is 6.58. The third-order valence-electron chi connectivity index (χ3n) is 3.78. The minimum atomic E-state index is -5.08. The number of aromatic amines is 1. The highest BCUT2D eigenvalue weighted by Crippen LogP contribution is 2.22. The fraction of sp³-hybridized carbons (Fsp3) is 0.263. The van der Waals surface area contributed by atoms with Gasteiger partial charge >= 0.3 is 12.1 Å². The van der Waals surface area contributed by atoms with Gasteiger partial charge in [0.2, 0.25) is 0 Å². The van der Waals surface area contributed by atoms with Crippen LogP contribution in [-0.4, -0.2) is 37.9 Å². The summed E-state index contributed by atoms with van der Waals surface area (Å²) in [6.07, 6.45) is -5.08. The molecule has 0 saturated heterocycles. The van der Waals surface area contributed by atoms with Crippen LogP contribution < -0.4 is 10.1 Å². The average Bonchev–Trinajstić information content (AvgIpc) is 3.24. The van der Waals surface area contributed by atoms with Gasteiger partial charge in [0, 0.05) is 6.54 Å². The molecule has 3 N–H and O–H groups in total. The number of rotatable bonds is 6. The van der Waals surface area contributed by atoms with Gasteiger partial charge in [-0.2, -0.15) is 18.4 Å². The highest BCUT2D eigenvalue weighted by atomic mass is 19.4. The van der Waals surface area contributed by atoms with Gasteiger partial charge in [-0.3, -0.25) is 0 Å². The average molecular weight is 423 g/mol. The van der Waals surface area contributed by atoms with E-state index in [1.54, 1.807) is 0 Å². The predicted molar refractivity (Wildman–Crippen MR) is 101 cm³/mol. The van der Waals surface area contributed by atoms with E-state index in [9.17, 15) is 13.2 Å². The van der Waals surface area contributed by atoms with Gasteiger partial charge in [0.1, 0.15) is 11.5 Å². The minimum absolute atomic E-state index is 0.355. The van der Waals surface area contributed by atoms with Gasteiger partial charge in [-0.05, 0) is 43.7 Å². The van der Waals surface area contributed by atoms with Crippen LogP contribution in [0.25, 0.3) is 0 Å². The van der Waals surface area contributed by atoms with Crippen molar-refractivity contribution in [2.24, 2.45) is 0 Å². The number of alkyl halides is 3. The lowest BCUT2D eigenvalue weighted by molar-refractivity contribution is -0.192. The Bertz CT molecular complexity index is 915. The number of hydrogen-bond donors (Lipinski definition) is 3. The van der Waals surface area contributed by atoms with Gasteiger partial charge in [-0.15, -0.1) is 10.2 Å². The number of aliphatic carboxylic acids is 1. The zero-order valence-electron chi connectivity index (χ0n) is 16.1. The Hall–Kier alpha value is -3.47. The smallest absolute Gasteiger partial charge is 0.475 e. The van der Waals surface area contributed by atoms with E-state index in [1.807, 2.05) is 68.4 Å². The zero-order valence-corrected chi connectivity index (χ0v) is 16.1. The molecule has 0 radical (unpaired) electrons. The Balaban J connectivity index is 0.000000396. The molecule has 3 rings (SSSR count). The Morgan fingerprint density at radius 3 is 2.13 bits per heavy atom. The first-order valence-corrected chi connectivity index (χ1v) is 8.69. The maximum atomic E-state index is 10.6. The summed E-state index contributed by atoms with van der Waals surface area (Å²) in [5.41, 5.74) is 0.800. The third-order valence-corrected chi connectivity index (χ3v) is 3.78. The molecule has 0 fully saturated rings. The Morgan fingerprint density at radius 1 is 1.07 bits per heavy atom. The molecule has 3 aromatic rings. The van der Waals surface area contributed by atoms with Crippen LogP contribution >= 0.6 is 0 Å². The molecule has 0 aliphatic rings. The molecule has 0 atom stereocenters. The number of aromatic nitrogens is 4. The van der Waals surface area contributed by atoms with Gasteiger partial charge in [-0.25, -0.2) is 4.79 Å². The molecule has 160 valence electrons. The second-order valence-corrected chi connectivity index (χ2v) is 6.58. The first-order chi connectivity index (χ1) is 14.1. The molecule has 2 aromatic carbocycles. The molecular weight excluding hydrogens is 403 g/mol. The monoisotopic (exact) mass is 423 g/mol. The number of para-hydroxylation sites is 1. The van der Waals surface area contributed by atoms with E-state index in [0.29, 0.717) is 12.4 Å². The molecule has 0 aliphatic heterocycles. The summed E-state index contributed by atoms with van der Waals surface area (Å²) in [7, 11) is 0. The zero-order chi connectivity index (χ0) is 22.2. The summed E-state index contributed by atoms with van der Waals surface area (Å²) in [4.78, 5) is 8.90. The van der Waals surface area contributed by atoms with Crippen LogP contribution in [0.15, 0.2) is 54.6 Å². The van der Waals surface area contributed by atoms with Crippen molar-refractivity contribution in [1.29, 1.82) is 0 Å². The van der Waals surface area contributed by atoms with Gasteiger partial charge in [-0.1, -0.05) is 35.5 Å². The van der Waals surface area contributed by atoms with Crippen LogP contribution in [0.4, 0.5) is 13.2 Å². The van der Waals surface area contributed by atoms with E-state index < -0.39 is 12.1 Å². The third kappa shape index (κ3) is 7.17. The quantitative estimate of drug-likeness (QED) is 0.555. The predicted octanol–water partition coefficient (Wildman–Crippen LogP) is 3.65. The van der Waals surface area contributed by atoms with Gasteiger partial charge < -0.3 is 15.2 Å². The van der Waals surface area contributed by atoms with E-state index in [0.717, 1.165) is 17.1 Å². The maximum absolute atomic E-state index is 10.6. The van der Waals surface area contributed by atoms with Gasteiger partial charge in [0.25, 0.3) is 0 Å². The van der Waals surface area contributed by atoms with Crippen LogP contribution in [0.3, 0.4) is 0 Å². The number of halogens is 3. The molecule has 0 aliphatic carbocycles. The van der Waals surface area contributed by atoms with E-state index >= 15 is 0 Å². The van der Waals surface area contributed by atoms with Gasteiger partial charge in [0.15, 0.2) is 5.82 Å². The van der Waals surface area contributed by atoms with Crippen LogP contribution in [0.2, 0.25) is 0 Å². The molecule has 1 heterocycles. The Morgan fingerprint density at radius 2 is 1.63 bits per heavy atom. The summed E-state index contributed by atoms with van der Waals surface area (Å²) in [6.45, 7) is 4.74. The van der Waals surface area contributed by atoms with E-state index in [2.05, 4.69) is 25.9 Å². The molecule has 0 spiro atoms. The van der Waals surface area contributed by atoms with Crippen molar-refractivity contribution in [3.8, 4) is 11.5 Å². The van der Waals surface area contributed by atoms with E-state index in [4.69, 9.17) is 14.6 Å². The van der Waals surface area contributed by atoms with E-state index in [-0.39, 0.29) is 5.54 Å². The number of benzene rings is 2. The lowest BCUT2D eigenvalue weighted by atomic mass is 10.0. The number of nitrogens with zero attached hydrogens (tertiary/aromatic N) is 3. The summed E-state index contributed by atoms with van der Waals surface area (Å²) in [5, 5.41) is 24.7. The molecule has 30 heavy (non-hydrogen) atoms. The molecule has 0 amide bonds. The van der Waals surface area contributed by atoms with Gasteiger partial charge in [0.05, 0.1) is 5.54 Å². The molecule has 11 heteroatoms. The highest BCUT2D eigenvalue weighted by molar-refractivity contribution is 5.73. The van der Waals surface area contributed by atoms with Crippen LogP contribution in [0.5, 0.6) is 11.5 Å². The van der Waals surface area contributed by atoms with Crippen molar-refractivity contribution >= 4 is 5.97 Å². The number of ether oxygens (including phenoxy) is 1. The van der Waals surface area contributed by atoms with Crippen molar-refractivity contribution in [2.45, 2.75) is 32.1 Å². The lowest BCUT2D eigenvalue weighted by Gasteiger charge is -2.22. The fourth-order valence-corrected chi connectivity index (χ4v) is 2.13. The second kappa shape index (κ2) is 9.83. The number of carbonyl (C=O) groups is 1. The highest BCUT2D eigenvalue weighted by Gasteiger charge is 2.38. The SMILES string of the molecule is CC(C)(NCc1ccc(Oc2ccccc2)cc1)c1nn[nH]n1.O=C(O)C(F)(F)F. The standard InChI is InChI=1S/C17H19N5O.C2HF3O2/c1-17(2,16-19-21-22-20-16)18-12-13-8-10-15(11-9-13)23-14-6-4-3-5-7-14;3-2(4,5)1(6)7/h3-11,18H,12H2,1-2H3,(H,19,20,21,22);(H,6,7). The topological polar surface area (TPSA) is 113 Å². The van der Waals surface area contributed by atoms with Crippen molar-refractivity contribution in [3.63, 3.8) is 0 Å². The van der Waals surface area contributed by atoms with Crippen LogP contribution in [0.1, 0.15) is 25.2 Å².